The number of nitrogens with one attached hydrogen (secondary N) is 1. The molecule has 0 spiro atoms. The number of allylic oxidation sites excluding steroid dienone is 1. The minimum atomic E-state index is 0.851. The molecule has 2 aliphatic rings. The summed E-state index contributed by atoms with van der Waals surface area (Å²) in [6, 6.07) is 0. The Labute approximate surface area is 62.5 Å². The van der Waals surface area contributed by atoms with E-state index in [2.05, 4.69) is 24.4 Å². The molecule has 1 aliphatic carbocycles. The Kier molecular flexibility index (Phi) is 1.53. The van der Waals surface area contributed by atoms with Crippen molar-refractivity contribution < 1.29 is 0 Å². The highest BCUT2D eigenvalue weighted by molar-refractivity contribution is 5.03. The van der Waals surface area contributed by atoms with Crippen LogP contribution in [-0.2, 0) is 0 Å². The summed E-state index contributed by atoms with van der Waals surface area (Å²) in [4.78, 5) is 0. The van der Waals surface area contributed by atoms with Crippen molar-refractivity contribution in [1.82, 2.24) is 5.32 Å². The monoisotopic (exact) mass is 137 g/mol. The van der Waals surface area contributed by atoms with Gasteiger partial charge in [-0.2, -0.15) is 0 Å². The van der Waals surface area contributed by atoms with Gasteiger partial charge in [-0.1, -0.05) is 19.1 Å². The third kappa shape index (κ3) is 0.891. The lowest BCUT2D eigenvalue weighted by Crippen LogP contribution is -2.21. The van der Waals surface area contributed by atoms with Gasteiger partial charge in [-0.05, 0) is 30.7 Å². The molecule has 0 bridgehead atoms. The molecule has 0 aromatic rings. The second-order valence-electron chi connectivity index (χ2n) is 3.63. The summed E-state index contributed by atoms with van der Waals surface area (Å²) in [5.74, 6) is 2.69. The predicted molar refractivity (Wildman–Crippen MR) is 42.8 cm³/mol. The molecule has 1 nitrogen and oxygen atoms in total. The van der Waals surface area contributed by atoms with Gasteiger partial charge in [0.2, 0.25) is 0 Å². The van der Waals surface area contributed by atoms with Gasteiger partial charge in [0.1, 0.15) is 0 Å². The molecule has 0 aromatic carbocycles. The average Bonchev–Trinajstić information content (AvgIpc) is 2.36. The second-order valence-corrected chi connectivity index (χ2v) is 3.63. The second kappa shape index (κ2) is 2.39. The molecule has 1 aliphatic heterocycles. The van der Waals surface area contributed by atoms with E-state index in [1.54, 1.807) is 0 Å². The third-order valence-corrected chi connectivity index (χ3v) is 2.93. The zero-order valence-electron chi connectivity index (χ0n) is 6.51. The predicted octanol–water partition coefficient (Wildman–Crippen LogP) is 1.42. The van der Waals surface area contributed by atoms with Gasteiger partial charge in [-0.3, -0.25) is 0 Å². The molecule has 2 rings (SSSR count). The van der Waals surface area contributed by atoms with Crippen molar-refractivity contribution in [1.29, 1.82) is 0 Å². The molecule has 0 radical (unpaired) electrons. The quantitative estimate of drug-likeness (QED) is 0.498. The van der Waals surface area contributed by atoms with Crippen LogP contribution in [0.1, 0.15) is 13.3 Å². The van der Waals surface area contributed by atoms with Gasteiger partial charge in [-0.15, -0.1) is 0 Å². The maximum Gasteiger partial charge on any atom is 0.00175 e. The van der Waals surface area contributed by atoms with E-state index in [9.17, 15) is 0 Å². The molecule has 1 N–H and O–H groups in total. The van der Waals surface area contributed by atoms with E-state index in [4.69, 9.17) is 0 Å². The van der Waals surface area contributed by atoms with Gasteiger partial charge < -0.3 is 5.32 Å². The lowest BCUT2D eigenvalue weighted by atomic mass is 9.79. The lowest BCUT2D eigenvalue weighted by molar-refractivity contribution is 0.325. The van der Waals surface area contributed by atoms with Crippen LogP contribution in [0.15, 0.2) is 12.2 Å². The maximum absolute atomic E-state index is 3.44. The third-order valence-electron chi connectivity index (χ3n) is 2.93. The zero-order chi connectivity index (χ0) is 6.97. The lowest BCUT2D eigenvalue weighted by Gasteiger charge is -2.25. The largest absolute Gasteiger partial charge is 0.316 e. The van der Waals surface area contributed by atoms with Gasteiger partial charge >= 0.3 is 0 Å². The topological polar surface area (TPSA) is 12.0 Å². The van der Waals surface area contributed by atoms with Gasteiger partial charge in [-0.25, -0.2) is 0 Å². The molecular formula is C9H15N. The number of hydrogen-bond donors (Lipinski definition) is 1. The van der Waals surface area contributed by atoms with Crippen molar-refractivity contribution in [3.63, 3.8) is 0 Å². The molecule has 1 saturated heterocycles. The molecule has 1 fully saturated rings. The molecule has 0 amide bonds. The Morgan fingerprint density at radius 1 is 1.40 bits per heavy atom. The van der Waals surface area contributed by atoms with E-state index >= 15 is 0 Å². The Hall–Kier alpha value is -0.300. The molecule has 0 unspecified atom stereocenters. The highest BCUT2D eigenvalue weighted by atomic mass is 14.9. The Morgan fingerprint density at radius 3 is 3.10 bits per heavy atom. The van der Waals surface area contributed by atoms with E-state index in [0.29, 0.717) is 0 Å². The van der Waals surface area contributed by atoms with Crippen LogP contribution < -0.4 is 5.32 Å². The minimum Gasteiger partial charge on any atom is -0.316 e. The SMILES string of the molecule is C[C@@H]1CC=C[C@@H]2CNC[C@@H]12. The van der Waals surface area contributed by atoms with Gasteiger partial charge in [0.15, 0.2) is 0 Å². The van der Waals surface area contributed by atoms with Crippen molar-refractivity contribution >= 4 is 0 Å². The fourth-order valence-electron chi connectivity index (χ4n) is 2.20. The first-order chi connectivity index (χ1) is 4.88. The first-order valence-electron chi connectivity index (χ1n) is 4.25. The number of hydrogen-bond acceptors (Lipinski definition) is 1. The number of fused-ring (bicyclic) bond motifs is 1. The molecule has 1 heteroatoms. The van der Waals surface area contributed by atoms with Gasteiger partial charge in [0.25, 0.3) is 0 Å². The van der Waals surface area contributed by atoms with Gasteiger partial charge in [0.05, 0.1) is 0 Å². The Bertz CT molecular complexity index is 151. The molecule has 3 atom stereocenters. The van der Waals surface area contributed by atoms with Crippen molar-refractivity contribution in [2.45, 2.75) is 13.3 Å². The standard InChI is InChI=1S/C9H15N/c1-7-3-2-4-8-5-10-6-9(7)8/h2,4,7-10H,3,5-6H2,1H3/t7-,8-,9+/m1/s1. The molecular weight excluding hydrogens is 122 g/mol. The van der Waals surface area contributed by atoms with Gasteiger partial charge in [0, 0.05) is 6.54 Å². The van der Waals surface area contributed by atoms with E-state index in [1.165, 1.54) is 19.5 Å². The van der Waals surface area contributed by atoms with Crippen molar-refractivity contribution in [3.8, 4) is 0 Å². The molecule has 56 valence electrons. The van der Waals surface area contributed by atoms with Crippen LogP contribution in [-0.4, -0.2) is 13.1 Å². The van der Waals surface area contributed by atoms with Crippen molar-refractivity contribution in [2.24, 2.45) is 17.8 Å². The van der Waals surface area contributed by atoms with E-state index in [0.717, 1.165) is 17.8 Å². The summed E-state index contributed by atoms with van der Waals surface area (Å²) in [6.07, 6.45) is 6.03. The van der Waals surface area contributed by atoms with Crippen LogP contribution in [0.4, 0.5) is 0 Å². The molecule has 10 heavy (non-hydrogen) atoms. The van der Waals surface area contributed by atoms with Crippen LogP contribution in [0.25, 0.3) is 0 Å². The van der Waals surface area contributed by atoms with E-state index < -0.39 is 0 Å². The highest BCUT2D eigenvalue weighted by Crippen LogP contribution is 2.31. The summed E-state index contributed by atoms with van der Waals surface area (Å²) in [5.41, 5.74) is 0. The first-order valence-corrected chi connectivity index (χ1v) is 4.25. The summed E-state index contributed by atoms with van der Waals surface area (Å²) >= 11 is 0. The van der Waals surface area contributed by atoms with Crippen molar-refractivity contribution in [2.75, 3.05) is 13.1 Å². The Balaban J connectivity index is 2.14. The smallest absolute Gasteiger partial charge is 0.00175 e. The summed E-state index contributed by atoms with van der Waals surface area (Å²) < 4.78 is 0. The summed E-state index contributed by atoms with van der Waals surface area (Å²) in [6.45, 7) is 4.83. The fourth-order valence-corrected chi connectivity index (χ4v) is 2.20. The van der Waals surface area contributed by atoms with Crippen LogP contribution >= 0.6 is 0 Å². The normalized spacial score (nSPS) is 45.5. The highest BCUT2D eigenvalue weighted by Gasteiger charge is 2.30. The summed E-state index contributed by atoms with van der Waals surface area (Å²) in [5, 5.41) is 3.44. The van der Waals surface area contributed by atoms with E-state index in [1.807, 2.05) is 0 Å². The summed E-state index contributed by atoms with van der Waals surface area (Å²) in [7, 11) is 0. The number of rotatable bonds is 0. The zero-order valence-corrected chi connectivity index (χ0v) is 6.51. The fraction of sp³-hybridized carbons (Fsp3) is 0.778. The molecule has 1 heterocycles. The Morgan fingerprint density at radius 2 is 2.30 bits per heavy atom. The van der Waals surface area contributed by atoms with Crippen LogP contribution in [0.2, 0.25) is 0 Å². The van der Waals surface area contributed by atoms with Crippen LogP contribution in [0.5, 0.6) is 0 Å². The minimum absolute atomic E-state index is 0.851. The first kappa shape index (κ1) is 6.41. The average molecular weight is 137 g/mol. The maximum atomic E-state index is 3.44. The van der Waals surface area contributed by atoms with Crippen LogP contribution in [0, 0.1) is 17.8 Å². The molecule has 0 saturated carbocycles. The van der Waals surface area contributed by atoms with Crippen LogP contribution in [0.3, 0.4) is 0 Å². The molecule has 0 aromatic heterocycles. The van der Waals surface area contributed by atoms with E-state index in [-0.39, 0.29) is 0 Å². The van der Waals surface area contributed by atoms with Crippen molar-refractivity contribution in [3.05, 3.63) is 12.2 Å².